The maximum absolute atomic E-state index is 5.23. The van der Waals surface area contributed by atoms with E-state index in [1.54, 1.807) is 7.11 Å². The molecule has 0 saturated heterocycles. The van der Waals surface area contributed by atoms with Gasteiger partial charge in [-0.2, -0.15) is 11.8 Å². The van der Waals surface area contributed by atoms with Crippen molar-refractivity contribution < 1.29 is 4.74 Å². The van der Waals surface area contributed by atoms with Gasteiger partial charge in [0.1, 0.15) is 5.75 Å². The van der Waals surface area contributed by atoms with Crippen molar-refractivity contribution in [2.45, 2.75) is 46.1 Å². The van der Waals surface area contributed by atoms with Gasteiger partial charge in [-0.3, -0.25) is 0 Å². The average molecular weight is 310 g/mol. The van der Waals surface area contributed by atoms with Gasteiger partial charge in [-0.05, 0) is 60.9 Å². The topological polar surface area (TPSA) is 21.3 Å². The van der Waals surface area contributed by atoms with Gasteiger partial charge >= 0.3 is 0 Å². The summed E-state index contributed by atoms with van der Waals surface area (Å²) < 4.78 is 5.23. The molecule has 0 fully saturated rings. The molecular formula is C18H31NOS. The fourth-order valence-electron chi connectivity index (χ4n) is 2.39. The van der Waals surface area contributed by atoms with Crippen molar-refractivity contribution in [3.63, 3.8) is 0 Å². The predicted molar refractivity (Wildman–Crippen MR) is 95.6 cm³/mol. The number of nitrogens with one attached hydrogen (secondary N) is 1. The fraction of sp³-hybridized carbons (Fsp3) is 0.667. The summed E-state index contributed by atoms with van der Waals surface area (Å²) in [7, 11) is 1.72. The lowest BCUT2D eigenvalue weighted by atomic mass is 9.94. The van der Waals surface area contributed by atoms with E-state index < -0.39 is 0 Å². The molecule has 0 radical (unpaired) electrons. The Morgan fingerprint density at radius 1 is 1.19 bits per heavy atom. The van der Waals surface area contributed by atoms with Crippen molar-refractivity contribution in [1.29, 1.82) is 0 Å². The normalized spacial score (nSPS) is 12.6. The fourth-order valence-corrected chi connectivity index (χ4v) is 3.05. The average Bonchev–Trinajstić information content (AvgIpc) is 2.49. The lowest BCUT2D eigenvalue weighted by molar-refractivity contribution is 0.412. The second kappa shape index (κ2) is 11.0. The van der Waals surface area contributed by atoms with Crippen LogP contribution < -0.4 is 10.1 Å². The van der Waals surface area contributed by atoms with Crippen LogP contribution in [0.1, 0.15) is 39.2 Å². The van der Waals surface area contributed by atoms with Crippen molar-refractivity contribution in [2.24, 2.45) is 5.92 Å². The monoisotopic (exact) mass is 309 g/mol. The van der Waals surface area contributed by atoms with Gasteiger partial charge in [0.2, 0.25) is 0 Å². The number of hydrogen-bond donors (Lipinski definition) is 1. The summed E-state index contributed by atoms with van der Waals surface area (Å²) in [6.45, 7) is 7.79. The summed E-state index contributed by atoms with van der Waals surface area (Å²) in [4.78, 5) is 0. The first kappa shape index (κ1) is 18.4. The number of rotatable bonds is 11. The van der Waals surface area contributed by atoms with Gasteiger partial charge in [-0.1, -0.05) is 32.9 Å². The van der Waals surface area contributed by atoms with Crippen LogP contribution in [0.2, 0.25) is 0 Å². The minimum atomic E-state index is 0.563. The first-order chi connectivity index (χ1) is 10.2. The van der Waals surface area contributed by atoms with Gasteiger partial charge in [-0.15, -0.1) is 0 Å². The minimum Gasteiger partial charge on any atom is -0.497 e. The Labute approximate surface area is 135 Å². The van der Waals surface area contributed by atoms with Crippen molar-refractivity contribution in [3.8, 4) is 5.75 Å². The van der Waals surface area contributed by atoms with Crippen LogP contribution in [0.25, 0.3) is 0 Å². The first-order valence-corrected chi connectivity index (χ1v) is 9.25. The van der Waals surface area contributed by atoms with Crippen LogP contribution in [0.3, 0.4) is 0 Å². The zero-order valence-electron chi connectivity index (χ0n) is 14.0. The van der Waals surface area contributed by atoms with E-state index in [0.29, 0.717) is 6.04 Å². The maximum Gasteiger partial charge on any atom is 0.118 e. The van der Waals surface area contributed by atoms with Crippen molar-refractivity contribution in [1.82, 2.24) is 5.32 Å². The summed E-state index contributed by atoms with van der Waals surface area (Å²) >= 11 is 2.05. The Morgan fingerprint density at radius 2 is 1.90 bits per heavy atom. The number of methoxy groups -OCH3 is 1. The molecule has 1 unspecified atom stereocenters. The highest BCUT2D eigenvalue weighted by Gasteiger charge is 2.10. The Morgan fingerprint density at radius 3 is 2.48 bits per heavy atom. The number of ether oxygens (including phenoxy) is 1. The lowest BCUT2D eigenvalue weighted by Crippen LogP contribution is -2.30. The summed E-state index contributed by atoms with van der Waals surface area (Å²) in [5.74, 6) is 4.18. The molecule has 1 N–H and O–H groups in total. The molecular weight excluding hydrogens is 278 g/mol. The molecule has 0 aromatic heterocycles. The summed E-state index contributed by atoms with van der Waals surface area (Å²) in [6, 6.07) is 9.09. The molecule has 1 aromatic rings. The first-order valence-electron chi connectivity index (χ1n) is 8.09. The van der Waals surface area contributed by atoms with E-state index >= 15 is 0 Å². The van der Waals surface area contributed by atoms with Crippen LogP contribution in [-0.2, 0) is 6.42 Å². The zero-order chi connectivity index (χ0) is 15.5. The van der Waals surface area contributed by atoms with Crippen molar-refractivity contribution >= 4 is 11.8 Å². The molecule has 0 aliphatic carbocycles. The molecule has 0 aliphatic heterocycles. The number of thioether (sulfide) groups is 1. The molecule has 1 aromatic carbocycles. The largest absolute Gasteiger partial charge is 0.497 e. The van der Waals surface area contributed by atoms with Crippen LogP contribution in [0.5, 0.6) is 5.75 Å². The molecule has 2 nitrogen and oxygen atoms in total. The molecule has 1 atom stereocenters. The van der Waals surface area contributed by atoms with Crippen LogP contribution in [-0.4, -0.2) is 31.2 Å². The molecule has 1 rings (SSSR count). The number of benzene rings is 1. The van der Waals surface area contributed by atoms with E-state index in [1.165, 1.54) is 29.9 Å². The maximum atomic E-state index is 5.23. The van der Waals surface area contributed by atoms with E-state index in [2.05, 4.69) is 50.4 Å². The molecule has 0 spiro atoms. The van der Waals surface area contributed by atoms with Crippen LogP contribution >= 0.6 is 11.8 Å². The molecule has 0 bridgehead atoms. The zero-order valence-corrected chi connectivity index (χ0v) is 14.8. The van der Waals surface area contributed by atoms with E-state index in [0.717, 1.165) is 24.6 Å². The summed E-state index contributed by atoms with van der Waals surface area (Å²) in [5, 5.41) is 3.60. The Kier molecular flexibility index (Phi) is 9.60. The van der Waals surface area contributed by atoms with Gasteiger partial charge in [0.25, 0.3) is 0 Å². The predicted octanol–water partition coefficient (Wildman–Crippen LogP) is 4.39. The molecule has 0 saturated carbocycles. The Balaban J connectivity index is 2.48. The van der Waals surface area contributed by atoms with Gasteiger partial charge in [0.15, 0.2) is 0 Å². The van der Waals surface area contributed by atoms with Gasteiger partial charge in [0, 0.05) is 6.04 Å². The smallest absolute Gasteiger partial charge is 0.118 e. The van der Waals surface area contributed by atoms with Crippen LogP contribution in [0.4, 0.5) is 0 Å². The highest BCUT2D eigenvalue weighted by molar-refractivity contribution is 7.99. The minimum absolute atomic E-state index is 0.563. The third-order valence-corrected chi connectivity index (χ3v) is 4.59. The van der Waals surface area contributed by atoms with E-state index in [1.807, 2.05) is 11.8 Å². The third kappa shape index (κ3) is 8.37. The second-order valence-corrected chi connectivity index (χ2v) is 7.21. The molecule has 0 amide bonds. The molecule has 120 valence electrons. The number of hydrogen-bond acceptors (Lipinski definition) is 3. The van der Waals surface area contributed by atoms with Gasteiger partial charge in [-0.25, -0.2) is 0 Å². The second-order valence-electron chi connectivity index (χ2n) is 5.82. The van der Waals surface area contributed by atoms with Gasteiger partial charge in [0.05, 0.1) is 7.11 Å². The Bertz CT molecular complexity index is 364. The van der Waals surface area contributed by atoms with Gasteiger partial charge < -0.3 is 10.1 Å². The van der Waals surface area contributed by atoms with Crippen molar-refractivity contribution in [3.05, 3.63) is 29.8 Å². The summed E-state index contributed by atoms with van der Waals surface area (Å²) in [5.41, 5.74) is 1.41. The molecule has 0 aliphatic rings. The highest BCUT2D eigenvalue weighted by Crippen LogP contribution is 2.18. The SMILES string of the molecule is CCSCCCC(CNC(C)C)Cc1ccc(OC)cc1. The molecule has 0 heterocycles. The molecule has 21 heavy (non-hydrogen) atoms. The standard InChI is InChI=1S/C18H31NOS/c1-5-21-12-6-7-17(14-19-15(2)3)13-16-8-10-18(20-4)11-9-16/h8-11,15,17,19H,5-7,12-14H2,1-4H3. The van der Waals surface area contributed by atoms with Crippen molar-refractivity contribution in [2.75, 3.05) is 25.2 Å². The highest BCUT2D eigenvalue weighted by atomic mass is 32.2. The van der Waals surface area contributed by atoms with E-state index in [4.69, 9.17) is 4.74 Å². The lowest BCUT2D eigenvalue weighted by Gasteiger charge is -2.19. The van der Waals surface area contributed by atoms with Crippen LogP contribution in [0.15, 0.2) is 24.3 Å². The summed E-state index contributed by atoms with van der Waals surface area (Å²) in [6.07, 6.45) is 3.78. The molecule has 3 heteroatoms. The van der Waals surface area contributed by atoms with Crippen LogP contribution in [0, 0.1) is 5.92 Å². The van der Waals surface area contributed by atoms with E-state index in [9.17, 15) is 0 Å². The third-order valence-electron chi connectivity index (χ3n) is 3.60. The quantitative estimate of drug-likeness (QED) is 0.613. The Hall–Kier alpha value is -0.670. The van der Waals surface area contributed by atoms with E-state index in [-0.39, 0.29) is 0 Å².